The molecule has 0 aliphatic carbocycles. The largest absolute Gasteiger partial charge is 0.324 e. The van der Waals surface area contributed by atoms with E-state index in [1.807, 2.05) is 84.9 Å². The smallest absolute Gasteiger partial charge is 0.255 e. The number of para-hydroxylation sites is 1. The second kappa shape index (κ2) is 9.95. The maximum Gasteiger partial charge on any atom is 0.255 e. The Morgan fingerprint density at radius 1 is 0.857 bits per heavy atom. The van der Waals surface area contributed by atoms with Crippen LogP contribution in [0.15, 0.2) is 97.1 Å². The Hall–Kier alpha value is -4.22. The first-order valence-electron chi connectivity index (χ1n) is 11.4. The molecule has 4 aromatic carbocycles. The minimum absolute atomic E-state index is 0.150. The lowest BCUT2D eigenvalue weighted by Gasteiger charge is -2.12. The first kappa shape index (κ1) is 22.6. The van der Waals surface area contributed by atoms with Gasteiger partial charge in [0.05, 0.1) is 11.2 Å². The molecule has 0 atom stereocenters. The van der Waals surface area contributed by atoms with Gasteiger partial charge >= 0.3 is 0 Å². The van der Waals surface area contributed by atoms with Crippen molar-refractivity contribution in [2.75, 3.05) is 10.6 Å². The average Bonchev–Trinajstić information content (AvgIpc) is 2.89. The lowest BCUT2D eigenvalue weighted by molar-refractivity contribution is 0.102. The second-order valence-corrected chi connectivity index (χ2v) is 8.53. The normalized spacial score (nSPS) is 10.8. The Morgan fingerprint density at radius 2 is 1.60 bits per heavy atom. The summed E-state index contributed by atoms with van der Waals surface area (Å²) in [4.78, 5) is 22.2. The van der Waals surface area contributed by atoms with Crippen LogP contribution in [0.4, 0.5) is 17.3 Å². The van der Waals surface area contributed by atoms with E-state index < -0.39 is 0 Å². The fourth-order valence-corrected chi connectivity index (χ4v) is 4.12. The van der Waals surface area contributed by atoms with Gasteiger partial charge in [-0.2, -0.15) is 0 Å². The van der Waals surface area contributed by atoms with Gasteiger partial charge in [-0.15, -0.1) is 0 Å². The van der Waals surface area contributed by atoms with Crippen molar-refractivity contribution in [3.05, 3.63) is 113 Å². The van der Waals surface area contributed by atoms with E-state index in [-0.39, 0.29) is 5.91 Å². The molecule has 0 aliphatic rings. The molecule has 0 aliphatic heterocycles. The number of carbonyl (C=O) groups excluding carboxylic acids is 1. The predicted molar refractivity (Wildman–Crippen MR) is 143 cm³/mol. The third kappa shape index (κ3) is 5.00. The number of anilines is 3. The Kier molecular flexibility index (Phi) is 6.42. The van der Waals surface area contributed by atoms with Crippen LogP contribution in [0.1, 0.15) is 22.8 Å². The number of amides is 1. The molecule has 5 nitrogen and oxygen atoms in total. The minimum Gasteiger partial charge on any atom is -0.324 e. The highest BCUT2D eigenvalue weighted by Crippen LogP contribution is 2.30. The van der Waals surface area contributed by atoms with E-state index in [4.69, 9.17) is 16.6 Å². The number of nitrogens with one attached hydrogen (secondary N) is 2. The zero-order valence-electron chi connectivity index (χ0n) is 19.1. The molecule has 5 aromatic rings. The standard InChI is InChI=1S/C29H23ClN4O/c1-2-19-8-6-7-11-25(19)32-28(35)21-12-15-23(16-13-21)31-29-33-26-17-14-22(30)18-24(26)27(34-29)20-9-4-3-5-10-20/h3-18H,2H2,1H3,(H,32,35)(H,31,33,34). The number of benzene rings is 4. The van der Waals surface area contributed by atoms with Gasteiger partial charge in [-0.05, 0) is 60.5 Å². The molecule has 0 saturated carbocycles. The molecule has 0 spiro atoms. The number of hydrogen-bond acceptors (Lipinski definition) is 4. The van der Waals surface area contributed by atoms with Crippen LogP contribution in [0, 0.1) is 0 Å². The van der Waals surface area contributed by atoms with Gasteiger partial charge in [0.15, 0.2) is 0 Å². The molecule has 0 saturated heterocycles. The van der Waals surface area contributed by atoms with E-state index in [1.165, 1.54) is 0 Å². The zero-order chi connectivity index (χ0) is 24.2. The van der Waals surface area contributed by atoms with Crippen LogP contribution >= 0.6 is 11.6 Å². The average molecular weight is 479 g/mol. The molecule has 35 heavy (non-hydrogen) atoms. The van der Waals surface area contributed by atoms with E-state index in [1.54, 1.807) is 12.1 Å². The van der Waals surface area contributed by atoms with Crippen molar-refractivity contribution >= 4 is 45.7 Å². The van der Waals surface area contributed by atoms with Crippen LogP contribution in [-0.4, -0.2) is 15.9 Å². The summed E-state index contributed by atoms with van der Waals surface area (Å²) in [5.74, 6) is 0.315. The minimum atomic E-state index is -0.150. The number of carbonyl (C=O) groups is 1. The summed E-state index contributed by atoms with van der Waals surface area (Å²) in [5.41, 5.74) is 5.85. The highest BCUT2D eigenvalue weighted by molar-refractivity contribution is 6.31. The second-order valence-electron chi connectivity index (χ2n) is 8.09. The molecular formula is C29H23ClN4O. The molecule has 5 rings (SSSR count). The highest BCUT2D eigenvalue weighted by atomic mass is 35.5. The van der Waals surface area contributed by atoms with Crippen molar-refractivity contribution < 1.29 is 4.79 Å². The summed E-state index contributed by atoms with van der Waals surface area (Å²) >= 11 is 6.25. The molecule has 0 radical (unpaired) electrons. The van der Waals surface area contributed by atoms with Crippen molar-refractivity contribution in [1.29, 1.82) is 0 Å². The van der Waals surface area contributed by atoms with E-state index in [9.17, 15) is 4.79 Å². The van der Waals surface area contributed by atoms with E-state index in [2.05, 4.69) is 22.5 Å². The lowest BCUT2D eigenvalue weighted by atomic mass is 10.1. The van der Waals surface area contributed by atoms with Gasteiger partial charge in [-0.3, -0.25) is 4.79 Å². The lowest BCUT2D eigenvalue weighted by Crippen LogP contribution is -2.13. The van der Waals surface area contributed by atoms with E-state index in [0.717, 1.165) is 45.5 Å². The van der Waals surface area contributed by atoms with Crippen LogP contribution < -0.4 is 10.6 Å². The Bertz CT molecular complexity index is 1500. The SMILES string of the molecule is CCc1ccccc1NC(=O)c1ccc(Nc2nc(-c3ccccc3)c3cc(Cl)ccc3n2)cc1. The number of hydrogen-bond donors (Lipinski definition) is 2. The molecule has 6 heteroatoms. The predicted octanol–water partition coefficient (Wildman–Crippen LogP) is 7.51. The molecule has 1 aromatic heterocycles. The maximum atomic E-state index is 12.8. The first-order chi connectivity index (χ1) is 17.1. The summed E-state index contributed by atoms with van der Waals surface area (Å²) in [7, 11) is 0. The molecular weight excluding hydrogens is 456 g/mol. The quantitative estimate of drug-likeness (QED) is 0.265. The summed E-state index contributed by atoms with van der Waals surface area (Å²) in [5, 5.41) is 7.79. The van der Waals surface area contributed by atoms with E-state index in [0.29, 0.717) is 16.5 Å². The van der Waals surface area contributed by atoms with Gasteiger partial charge in [0.25, 0.3) is 5.91 Å². The maximum absolute atomic E-state index is 12.8. The summed E-state index contributed by atoms with van der Waals surface area (Å²) < 4.78 is 0. The molecule has 1 amide bonds. The van der Waals surface area contributed by atoms with Crippen LogP contribution in [-0.2, 0) is 6.42 Å². The van der Waals surface area contributed by atoms with Crippen molar-refractivity contribution in [1.82, 2.24) is 9.97 Å². The number of fused-ring (bicyclic) bond motifs is 1. The fourth-order valence-electron chi connectivity index (χ4n) is 3.95. The van der Waals surface area contributed by atoms with Gasteiger partial charge in [0.1, 0.15) is 0 Å². The monoisotopic (exact) mass is 478 g/mol. The highest BCUT2D eigenvalue weighted by Gasteiger charge is 2.12. The van der Waals surface area contributed by atoms with Crippen LogP contribution in [0.3, 0.4) is 0 Å². The third-order valence-corrected chi connectivity index (χ3v) is 5.99. The van der Waals surface area contributed by atoms with Gasteiger partial charge in [0, 0.05) is 32.9 Å². The molecule has 0 unspecified atom stereocenters. The number of halogens is 1. The topological polar surface area (TPSA) is 66.9 Å². The third-order valence-electron chi connectivity index (χ3n) is 5.75. The van der Waals surface area contributed by atoms with Crippen molar-refractivity contribution in [2.45, 2.75) is 13.3 Å². The number of rotatable bonds is 6. The molecule has 172 valence electrons. The van der Waals surface area contributed by atoms with Gasteiger partial charge in [-0.25, -0.2) is 9.97 Å². The number of nitrogens with zero attached hydrogens (tertiary/aromatic N) is 2. The summed E-state index contributed by atoms with van der Waals surface area (Å²) in [6.45, 7) is 2.07. The van der Waals surface area contributed by atoms with Crippen LogP contribution in [0.2, 0.25) is 5.02 Å². The Labute approximate surface area is 208 Å². The summed E-state index contributed by atoms with van der Waals surface area (Å²) in [6.07, 6.45) is 0.849. The van der Waals surface area contributed by atoms with Gasteiger partial charge < -0.3 is 10.6 Å². The van der Waals surface area contributed by atoms with Gasteiger partial charge in [0.2, 0.25) is 5.95 Å². The molecule has 0 fully saturated rings. The van der Waals surface area contributed by atoms with Crippen molar-refractivity contribution in [3.8, 4) is 11.3 Å². The molecule has 2 N–H and O–H groups in total. The zero-order valence-corrected chi connectivity index (χ0v) is 19.9. The molecule has 0 bridgehead atoms. The van der Waals surface area contributed by atoms with Crippen molar-refractivity contribution in [2.24, 2.45) is 0 Å². The van der Waals surface area contributed by atoms with Crippen molar-refractivity contribution in [3.63, 3.8) is 0 Å². The Morgan fingerprint density at radius 3 is 2.37 bits per heavy atom. The van der Waals surface area contributed by atoms with Crippen LogP contribution in [0.25, 0.3) is 22.2 Å². The van der Waals surface area contributed by atoms with E-state index >= 15 is 0 Å². The van der Waals surface area contributed by atoms with Crippen LogP contribution in [0.5, 0.6) is 0 Å². The number of aryl methyl sites for hydroxylation is 1. The summed E-state index contributed by atoms with van der Waals surface area (Å²) in [6, 6.07) is 30.6. The fraction of sp³-hybridized carbons (Fsp3) is 0.0690. The Balaban J connectivity index is 1.40. The van der Waals surface area contributed by atoms with Gasteiger partial charge in [-0.1, -0.05) is 67.1 Å². The first-order valence-corrected chi connectivity index (χ1v) is 11.8. The molecule has 1 heterocycles. The number of aromatic nitrogens is 2.